The number of carbonyl (C=O) groups excluding carboxylic acids is 2. The Morgan fingerprint density at radius 1 is 1.17 bits per heavy atom. The van der Waals surface area contributed by atoms with Gasteiger partial charge in [-0.1, -0.05) is 36.1 Å². The predicted molar refractivity (Wildman–Crippen MR) is 90.7 cm³/mol. The highest BCUT2D eigenvalue weighted by Crippen LogP contribution is 2.35. The zero-order chi connectivity index (χ0) is 16.4. The molecule has 0 spiro atoms. The molecule has 0 radical (unpaired) electrons. The molecule has 0 saturated carbocycles. The van der Waals surface area contributed by atoms with Crippen LogP contribution in [0.1, 0.15) is 15.9 Å². The van der Waals surface area contributed by atoms with E-state index in [1.807, 2.05) is 0 Å². The number of anilines is 1. The van der Waals surface area contributed by atoms with Crippen LogP contribution < -0.4 is 10.0 Å². The van der Waals surface area contributed by atoms with Crippen molar-refractivity contribution in [2.75, 3.05) is 4.90 Å². The van der Waals surface area contributed by atoms with Crippen LogP contribution >= 0.6 is 24.0 Å². The normalized spacial score (nSPS) is 16.2. The van der Waals surface area contributed by atoms with Gasteiger partial charge in [0.25, 0.3) is 5.91 Å². The lowest BCUT2D eigenvalue weighted by Crippen LogP contribution is -2.28. The van der Waals surface area contributed by atoms with Gasteiger partial charge in [-0.3, -0.25) is 14.7 Å². The number of carboxylic acid groups (broad SMARTS) is 1. The van der Waals surface area contributed by atoms with Crippen molar-refractivity contribution in [2.45, 2.75) is 0 Å². The molecule has 1 aliphatic heterocycles. The van der Waals surface area contributed by atoms with Crippen molar-refractivity contribution in [3.63, 3.8) is 0 Å². The first kappa shape index (κ1) is 15.4. The molecule has 0 atom stereocenters. The largest absolute Gasteiger partial charge is 0.545 e. The van der Waals surface area contributed by atoms with Crippen LogP contribution in [0, 0.1) is 0 Å². The third-order valence-electron chi connectivity index (χ3n) is 3.16. The Kier molecular flexibility index (Phi) is 4.22. The second kappa shape index (κ2) is 6.31. The minimum absolute atomic E-state index is 0.0477. The lowest BCUT2D eigenvalue weighted by molar-refractivity contribution is -0.255. The summed E-state index contributed by atoms with van der Waals surface area (Å²) in [4.78, 5) is 29.1. The molecule has 1 aromatic carbocycles. The Morgan fingerprint density at radius 3 is 2.43 bits per heavy atom. The number of aromatic nitrogens is 1. The standard InChI is InChI=1S/C16H10N2O3S2/c19-14-13(9-10-5-7-17-8-6-10)23-16(22)18(14)12-3-1-11(2-4-12)15(20)21/h1-9H,(H,20,21)/p-1/b13-9-. The number of amides is 1. The van der Waals surface area contributed by atoms with Gasteiger partial charge in [0.15, 0.2) is 4.32 Å². The number of aromatic carboxylic acids is 1. The highest BCUT2D eigenvalue weighted by atomic mass is 32.2. The molecule has 0 bridgehead atoms. The van der Waals surface area contributed by atoms with Crippen LogP contribution in [-0.2, 0) is 4.79 Å². The number of carbonyl (C=O) groups is 2. The van der Waals surface area contributed by atoms with Gasteiger partial charge in [-0.25, -0.2) is 0 Å². The molecular weight excluding hydrogens is 332 g/mol. The van der Waals surface area contributed by atoms with Crippen molar-refractivity contribution in [2.24, 2.45) is 0 Å². The van der Waals surface area contributed by atoms with Crippen molar-refractivity contribution in [1.82, 2.24) is 4.98 Å². The van der Waals surface area contributed by atoms with E-state index in [0.29, 0.717) is 14.9 Å². The van der Waals surface area contributed by atoms with E-state index in [4.69, 9.17) is 12.2 Å². The first-order chi connectivity index (χ1) is 11.1. The summed E-state index contributed by atoms with van der Waals surface area (Å²) in [5.74, 6) is -1.50. The lowest BCUT2D eigenvalue weighted by Gasteiger charge is -2.15. The second-order valence-corrected chi connectivity index (χ2v) is 6.31. The van der Waals surface area contributed by atoms with E-state index >= 15 is 0 Å². The van der Waals surface area contributed by atoms with Crippen molar-refractivity contribution in [1.29, 1.82) is 0 Å². The second-order valence-electron chi connectivity index (χ2n) is 4.63. The van der Waals surface area contributed by atoms with Crippen LogP contribution in [0.2, 0.25) is 0 Å². The molecule has 3 rings (SSSR count). The monoisotopic (exact) mass is 341 g/mol. The predicted octanol–water partition coefficient (Wildman–Crippen LogP) is 1.85. The van der Waals surface area contributed by atoms with Crippen LogP contribution in [0.15, 0.2) is 53.7 Å². The molecular formula is C16H9N2O3S2-. The number of thioether (sulfide) groups is 1. The number of carboxylic acids is 1. The van der Waals surface area contributed by atoms with Crippen molar-refractivity contribution < 1.29 is 14.7 Å². The van der Waals surface area contributed by atoms with Crippen LogP contribution in [0.25, 0.3) is 6.08 Å². The van der Waals surface area contributed by atoms with Crippen molar-refractivity contribution in [3.05, 3.63) is 64.8 Å². The fourth-order valence-electron chi connectivity index (χ4n) is 2.05. The molecule has 1 fully saturated rings. The van der Waals surface area contributed by atoms with E-state index in [2.05, 4.69) is 4.98 Å². The Balaban J connectivity index is 1.90. The Bertz CT molecular complexity index is 817. The number of hydrogen-bond donors (Lipinski definition) is 0. The number of thiocarbonyl (C=S) groups is 1. The zero-order valence-corrected chi connectivity index (χ0v) is 13.3. The number of rotatable bonds is 3. The van der Waals surface area contributed by atoms with Crippen LogP contribution in [0.3, 0.4) is 0 Å². The minimum Gasteiger partial charge on any atom is -0.545 e. The molecule has 7 heteroatoms. The smallest absolute Gasteiger partial charge is 0.270 e. The molecule has 0 aliphatic carbocycles. The fraction of sp³-hybridized carbons (Fsp3) is 0. The highest BCUT2D eigenvalue weighted by Gasteiger charge is 2.33. The van der Waals surface area contributed by atoms with E-state index in [1.54, 1.807) is 30.6 Å². The molecule has 114 valence electrons. The third-order valence-corrected chi connectivity index (χ3v) is 4.46. The molecule has 23 heavy (non-hydrogen) atoms. The fourth-order valence-corrected chi connectivity index (χ4v) is 3.35. The van der Waals surface area contributed by atoms with Gasteiger partial charge in [-0.05, 0) is 41.5 Å². The SMILES string of the molecule is O=C([O-])c1ccc(N2C(=O)/C(=C/c3ccncc3)SC2=S)cc1. The van der Waals surface area contributed by atoms with Gasteiger partial charge < -0.3 is 9.90 Å². The van der Waals surface area contributed by atoms with Gasteiger partial charge in [0.1, 0.15) is 0 Å². The molecule has 1 saturated heterocycles. The number of benzene rings is 1. The summed E-state index contributed by atoms with van der Waals surface area (Å²) in [5, 5.41) is 10.8. The summed E-state index contributed by atoms with van der Waals surface area (Å²) < 4.78 is 0.400. The molecule has 1 aromatic heterocycles. The molecule has 2 aromatic rings. The van der Waals surface area contributed by atoms with Crippen molar-refractivity contribution in [3.8, 4) is 0 Å². The summed E-state index contributed by atoms with van der Waals surface area (Å²) in [6, 6.07) is 9.42. The first-order valence-electron chi connectivity index (χ1n) is 6.55. The van der Waals surface area contributed by atoms with Crippen LogP contribution in [0.4, 0.5) is 5.69 Å². The van der Waals surface area contributed by atoms with Crippen LogP contribution in [-0.4, -0.2) is 21.2 Å². The van der Waals surface area contributed by atoms with Gasteiger partial charge >= 0.3 is 0 Å². The lowest BCUT2D eigenvalue weighted by atomic mass is 10.2. The summed E-state index contributed by atoms with van der Waals surface area (Å²) in [7, 11) is 0. The maximum Gasteiger partial charge on any atom is 0.270 e. The highest BCUT2D eigenvalue weighted by molar-refractivity contribution is 8.27. The number of hydrogen-bond acceptors (Lipinski definition) is 6. The maximum absolute atomic E-state index is 12.5. The average Bonchev–Trinajstić information content (AvgIpc) is 2.82. The van der Waals surface area contributed by atoms with Gasteiger partial charge in [0.05, 0.1) is 16.6 Å². The van der Waals surface area contributed by atoms with E-state index in [9.17, 15) is 14.7 Å². The summed E-state index contributed by atoms with van der Waals surface area (Å²) >= 11 is 6.47. The topological polar surface area (TPSA) is 73.3 Å². The Hall–Kier alpha value is -2.51. The van der Waals surface area contributed by atoms with E-state index < -0.39 is 5.97 Å². The molecule has 2 heterocycles. The Labute approximate surface area is 141 Å². The van der Waals surface area contributed by atoms with Gasteiger partial charge in [-0.2, -0.15) is 0 Å². The van der Waals surface area contributed by atoms with E-state index in [0.717, 1.165) is 5.56 Å². The molecule has 5 nitrogen and oxygen atoms in total. The number of pyridine rings is 1. The van der Waals surface area contributed by atoms with E-state index in [1.165, 1.54) is 40.9 Å². The zero-order valence-electron chi connectivity index (χ0n) is 11.6. The maximum atomic E-state index is 12.5. The van der Waals surface area contributed by atoms with Gasteiger partial charge in [-0.15, -0.1) is 0 Å². The molecule has 0 unspecified atom stereocenters. The summed E-state index contributed by atoms with van der Waals surface area (Å²) in [6.45, 7) is 0. The van der Waals surface area contributed by atoms with E-state index in [-0.39, 0.29) is 11.5 Å². The van der Waals surface area contributed by atoms with Crippen molar-refractivity contribution >= 4 is 51.9 Å². The third kappa shape index (κ3) is 3.15. The summed E-state index contributed by atoms with van der Waals surface area (Å²) in [5.41, 5.74) is 1.43. The van der Waals surface area contributed by atoms with Crippen LogP contribution in [0.5, 0.6) is 0 Å². The van der Waals surface area contributed by atoms with Gasteiger partial charge in [0, 0.05) is 12.4 Å². The Morgan fingerprint density at radius 2 is 1.83 bits per heavy atom. The quantitative estimate of drug-likeness (QED) is 0.627. The number of nitrogens with zero attached hydrogens (tertiary/aromatic N) is 2. The summed E-state index contributed by atoms with van der Waals surface area (Å²) in [6.07, 6.45) is 5.03. The molecule has 1 aliphatic rings. The minimum atomic E-state index is -1.26. The first-order valence-corrected chi connectivity index (χ1v) is 7.78. The molecule has 0 N–H and O–H groups in total. The molecule has 1 amide bonds. The van der Waals surface area contributed by atoms with Gasteiger partial charge in [0.2, 0.25) is 0 Å². The average molecular weight is 341 g/mol.